The highest BCUT2D eigenvalue weighted by atomic mass is 15.0. The van der Waals surface area contributed by atoms with Crippen molar-refractivity contribution in [3.63, 3.8) is 0 Å². The number of hydrogen-bond donors (Lipinski definition) is 1. The molecule has 76 valence electrons. The van der Waals surface area contributed by atoms with Crippen LogP contribution in [0.2, 0.25) is 0 Å². The normalized spacial score (nSPS) is 10.8. The number of pyridine rings is 1. The summed E-state index contributed by atoms with van der Waals surface area (Å²) in [5, 5.41) is 9.91. The smallest absolute Gasteiger partial charge is 0.138 e. The second-order valence-electron chi connectivity index (χ2n) is 3.75. The second-order valence-corrected chi connectivity index (χ2v) is 3.75. The van der Waals surface area contributed by atoms with Gasteiger partial charge in [0.2, 0.25) is 0 Å². The van der Waals surface area contributed by atoms with Crippen LogP contribution in [0, 0.1) is 11.3 Å². The molecule has 2 aromatic rings. The third kappa shape index (κ3) is 1.69. The van der Waals surface area contributed by atoms with Crippen LogP contribution in [0.15, 0.2) is 18.5 Å². The molecule has 0 radical (unpaired) electrons. The Morgan fingerprint density at radius 2 is 2.33 bits per heavy atom. The molecule has 2 heterocycles. The van der Waals surface area contributed by atoms with Crippen LogP contribution in [-0.4, -0.2) is 29.0 Å². The number of fused-ring (bicyclic) bond motifs is 1. The number of H-pyrrole nitrogens is 1. The molecular weight excluding hydrogens is 188 g/mol. The minimum absolute atomic E-state index is 0.662. The number of nitrogens with one attached hydrogen (secondary N) is 1. The number of rotatable bonds is 2. The van der Waals surface area contributed by atoms with E-state index in [2.05, 4.69) is 20.9 Å². The molecule has 2 rings (SSSR count). The summed E-state index contributed by atoms with van der Waals surface area (Å²) in [4.78, 5) is 9.27. The topological polar surface area (TPSA) is 55.7 Å². The summed E-state index contributed by atoms with van der Waals surface area (Å²) in [5.74, 6) is 0. The fourth-order valence-electron chi connectivity index (χ4n) is 1.69. The lowest BCUT2D eigenvalue weighted by Crippen LogP contribution is -2.11. The van der Waals surface area contributed by atoms with E-state index in [1.54, 1.807) is 12.4 Å². The molecule has 0 aromatic carbocycles. The Balaban J connectivity index is 2.63. The van der Waals surface area contributed by atoms with Crippen LogP contribution in [0.1, 0.15) is 11.1 Å². The van der Waals surface area contributed by atoms with Gasteiger partial charge in [0.15, 0.2) is 0 Å². The van der Waals surface area contributed by atoms with Gasteiger partial charge in [-0.2, -0.15) is 5.26 Å². The lowest BCUT2D eigenvalue weighted by Gasteiger charge is -2.10. The highest BCUT2D eigenvalue weighted by Crippen LogP contribution is 2.20. The van der Waals surface area contributed by atoms with Crippen LogP contribution in [0.4, 0.5) is 0 Å². The summed E-state index contributed by atoms with van der Waals surface area (Å²) in [5.41, 5.74) is 2.57. The van der Waals surface area contributed by atoms with Crippen molar-refractivity contribution in [2.45, 2.75) is 6.54 Å². The average molecular weight is 200 g/mol. The summed E-state index contributed by atoms with van der Waals surface area (Å²) in [7, 11) is 4.01. The molecule has 0 fully saturated rings. The van der Waals surface area contributed by atoms with Gasteiger partial charge in [-0.15, -0.1) is 0 Å². The molecular formula is C11H12N4. The monoisotopic (exact) mass is 200 g/mol. The molecule has 15 heavy (non-hydrogen) atoms. The van der Waals surface area contributed by atoms with Crippen LogP contribution in [0.5, 0.6) is 0 Å². The Morgan fingerprint density at radius 3 is 3.00 bits per heavy atom. The highest BCUT2D eigenvalue weighted by molar-refractivity contribution is 5.85. The maximum absolute atomic E-state index is 8.97. The first-order chi connectivity index (χ1) is 7.22. The van der Waals surface area contributed by atoms with E-state index in [9.17, 15) is 0 Å². The number of aromatic nitrogens is 2. The predicted octanol–water partition coefficient (Wildman–Crippen LogP) is 1.50. The molecule has 4 nitrogen and oxygen atoms in total. The van der Waals surface area contributed by atoms with Crippen molar-refractivity contribution in [1.29, 1.82) is 5.26 Å². The molecule has 0 saturated heterocycles. The standard InChI is InChI=1S/C11H12N4/c1-15(2)7-8-3-4-13-11-10(8)9(5-12)6-14-11/h3-4,6H,7H2,1-2H3,(H,13,14). The van der Waals surface area contributed by atoms with E-state index in [4.69, 9.17) is 5.26 Å². The minimum atomic E-state index is 0.662. The maximum Gasteiger partial charge on any atom is 0.138 e. The van der Waals surface area contributed by atoms with Crippen molar-refractivity contribution in [3.05, 3.63) is 29.6 Å². The Morgan fingerprint density at radius 1 is 1.53 bits per heavy atom. The Labute approximate surface area is 88.2 Å². The lowest BCUT2D eigenvalue weighted by molar-refractivity contribution is 0.404. The molecule has 1 N–H and O–H groups in total. The van der Waals surface area contributed by atoms with E-state index in [-0.39, 0.29) is 0 Å². The third-order valence-corrected chi connectivity index (χ3v) is 2.27. The first-order valence-corrected chi connectivity index (χ1v) is 4.72. The quantitative estimate of drug-likeness (QED) is 0.799. The van der Waals surface area contributed by atoms with Crippen molar-refractivity contribution in [1.82, 2.24) is 14.9 Å². The van der Waals surface area contributed by atoms with Crippen LogP contribution in [0.25, 0.3) is 11.0 Å². The van der Waals surface area contributed by atoms with Gasteiger partial charge < -0.3 is 9.88 Å². The molecule has 0 bridgehead atoms. The van der Waals surface area contributed by atoms with Gasteiger partial charge in [0.1, 0.15) is 11.7 Å². The van der Waals surface area contributed by atoms with Gasteiger partial charge in [0.25, 0.3) is 0 Å². The molecule has 0 aliphatic carbocycles. The summed E-state index contributed by atoms with van der Waals surface area (Å²) < 4.78 is 0. The Bertz CT molecular complexity index is 519. The Hall–Kier alpha value is -1.86. The van der Waals surface area contributed by atoms with Gasteiger partial charge in [-0.25, -0.2) is 4.98 Å². The van der Waals surface area contributed by atoms with E-state index in [0.29, 0.717) is 5.56 Å². The molecule has 0 aliphatic rings. The summed E-state index contributed by atoms with van der Waals surface area (Å²) in [6.45, 7) is 0.811. The predicted molar refractivity (Wildman–Crippen MR) is 58.2 cm³/mol. The lowest BCUT2D eigenvalue weighted by atomic mass is 10.1. The van der Waals surface area contributed by atoms with Gasteiger partial charge >= 0.3 is 0 Å². The molecule has 0 aliphatic heterocycles. The van der Waals surface area contributed by atoms with E-state index in [0.717, 1.165) is 23.1 Å². The van der Waals surface area contributed by atoms with Gasteiger partial charge in [-0.3, -0.25) is 0 Å². The SMILES string of the molecule is CN(C)Cc1ccnc2[nH]cc(C#N)c12. The van der Waals surface area contributed by atoms with Crippen molar-refractivity contribution >= 4 is 11.0 Å². The van der Waals surface area contributed by atoms with Crippen molar-refractivity contribution in [3.8, 4) is 6.07 Å². The summed E-state index contributed by atoms with van der Waals surface area (Å²) in [6, 6.07) is 4.13. The number of nitriles is 1. The number of aromatic amines is 1. The average Bonchev–Trinajstić information content (AvgIpc) is 2.61. The van der Waals surface area contributed by atoms with E-state index >= 15 is 0 Å². The van der Waals surface area contributed by atoms with Gasteiger partial charge in [-0.05, 0) is 25.7 Å². The molecule has 4 heteroatoms. The molecule has 0 amide bonds. The molecule has 2 aromatic heterocycles. The third-order valence-electron chi connectivity index (χ3n) is 2.27. The molecule has 0 spiro atoms. The maximum atomic E-state index is 8.97. The number of nitrogens with zero attached hydrogens (tertiary/aromatic N) is 3. The van der Waals surface area contributed by atoms with Crippen molar-refractivity contribution < 1.29 is 0 Å². The van der Waals surface area contributed by atoms with Gasteiger partial charge in [0.05, 0.1) is 5.56 Å². The number of hydrogen-bond acceptors (Lipinski definition) is 3. The second kappa shape index (κ2) is 3.71. The van der Waals surface area contributed by atoms with Crippen molar-refractivity contribution in [2.75, 3.05) is 14.1 Å². The summed E-state index contributed by atoms with van der Waals surface area (Å²) >= 11 is 0. The summed E-state index contributed by atoms with van der Waals surface area (Å²) in [6.07, 6.45) is 3.47. The van der Waals surface area contributed by atoms with Crippen molar-refractivity contribution in [2.24, 2.45) is 0 Å². The zero-order chi connectivity index (χ0) is 10.8. The Kier molecular flexibility index (Phi) is 2.40. The fraction of sp³-hybridized carbons (Fsp3) is 0.273. The van der Waals surface area contributed by atoms with Crippen LogP contribution in [-0.2, 0) is 6.54 Å². The highest BCUT2D eigenvalue weighted by Gasteiger charge is 2.09. The fourth-order valence-corrected chi connectivity index (χ4v) is 1.69. The van der Waals surface area contributed by atoms with E-state index < -0.39 is 0 Å². The zero-order valence-corrected chi connectivity index (χ0v) is 8.78. The molecule has 0 atom stereocenters. The first kappa shape index (κ1) is 9.69. The molecule has 0 saturated carbocycles. The van der Waals surface area contributed by atoms with Gasteiger partial charge in [-0.1, -0.05) is 0 Å². The zero-order valence-electron chi connectivity index (χ0n) is 8.78. The first-order valence-electron chi connectivity index (χ1n) is 4.72. The van der Waals surface area contributed by atoms with E-state index in [1.807, 2.05) is 20.2 Å². The van der Waals surface area contributed by atoms with Crippen LogP contribution in [0.3, 0.4) is 0 Å². The van der Waals surface area contributed by atoms with E-state index in [1.165, 1.54) is 0 Å². The van der Waals surface area contributed by atoms with Crippen LogP contribution >= 0.6 is 0 Å². The largest absolute Gasteiger partial charge is 0.345 e. The van der Waals surface area contributed by atoms with Gasteiger partial charge in [0, 0.05) is 24.3 Å². The molecule has 0 unspecified atom stereocenters. The minimum Gasteiger partial charge on any atom is -0.345 e. The van der Waals surface area contributed by atoms with Crippen LogP contribution < -0.4 is 0 Å².